The third kappa shape index (κ3) is 3.03. The smallest absolute Gasteiger partial charge is 0.183 e. The maximum absolute atomic E-state index is 12.8. The molecule has 0 aromatic heterocycles. The first-order valence-corrected chi connectivity index (χ1v) is 8.82. The van der Waals surface area contributed by atoms with Gasteiger partial charge in [0.2, 0.25) is 0 Å². The highest BCUT2D eigenvalue weighted by Gasteiger charge is 2.41. The van der Waals surface area contributed by atoms with Gasteiger partial charge in [0.05, 0.1) is 10.1 Å². The van der Waals surface area contributed by atoms with Gasteiger partial charge in [-0.2, -0.15) is 0 Å². The standard InChI is InChI=1S/C14H20BrNO2S/c1-14(2)8-7-11(16)13(9-14)19(17,18)12-6-4-3-5-10(12)15/h3-6,11,13H,7-9,16H2,1-2H3. The van der Waals surface area contributed by atoms with Crippen LogP contribution in [0, 0.1) is 5.41 Å². The van der Waals surface area contributed by atoms with Gasteiger partial charge in [-0.25, -0.2) is 8.42 Å². The molecule has 0 saturated heterocycles. The first-order chi connectivity index (χ1) is 8.74. The number of hydrogen-bond acceptors (Lipinski definition) is 3. The van der Waals surface area contributed by atoms with E-state index in [1.165, 1.54) is 0 Å². The van der Waals surface area contributed by atoms with Crippen LogP contribution in [0.2, 0.25) is 0 Å². The first-order valence-electron chi connectivity index (χ1n) is 6.48. The van der Waals surface area contributed by atoms with Crippen molar-refractivity contribution in [1.82, 2.24) is 0 Å². The normalized spacial score (nSPS) is 27.2. The molecule has 2 unspecified atom stereocenters. The highest BCUT2D eigenvalue weighted by molar-refractivity contribution is 9.10. The van der Waals surface area contributed by atoms with Crippen LogP contribution >= 0.6 is 15.9 Å². The van der Waals surface area contributed by atoms with Crippen molar-refractivity contribution in [3.05, 3.63) is 28.7 Å². The largest absolute Gasteiger partial charge is 0.327 e. The van der Waals surface area contributed by atoms with Gasteiger partial charge >= 0.3 is 0 Å². The summed E-state index contributed by atoms with van der Waals surface area (Å²) in [5, 5.41) is -0.491. The maximum atomic E-state index is 12.8. The van der Waals surface area contributed by atoms with Crippen LogP contribution < -0.4 is 5.73 Å². The third-order valence-corrected chi connectivity index (χ3v) is 7.16. The minimum atomic E-state index is -3.38. The molecule has 2 N–H and O–H groups in total. The molecule has 0 spiro atoms. The van der Waals surface area contributed by atoms with Gasteiger partial charge in [0.25, 0.3) is 0 Å². The van der Waals surface area contributed by atoms with E-state index in [0.29, 0.717) is 15.8 Å². The highest BCUT2D eigenvalue weighted by Crippen LogP contribution is 2.40. The third-order valence-electron chi connectivity index (χ3n) is 3.93. The van der Waals surface area contributed by atoms with E-state index in [2.05, 4.69) is 29.8 Å². The fourth-order valence-electron chi connectivity index (χ4n) is 2.72. The Morgan fingerprint density at radius 2 is 1.95 bits per heavy atom. The van der Waals surface area contributed by atoms with Gasteiger partial charge in [-0.05, 0) is 52.7 Å². The fourth-order valence-corrected chi connectivity index (χ4v) is 5.88. The molecule has 0 heterocycles. The Labute approximate surface area is 123 Å². The zero-order chi connectivity index (χ0) is 14.3. The highest BCUT2D eigenvalue weighted by atomic mass is 79.9. The minimum absolute atomic E-state index is 0.0366. The molecule has 2 rings (SSSR count). The lowest BCUT2D eigenvalue weighted by molar-refractivity contribution is 0.227. The molecule has 19 heavy (non-hydrogen) atoms. The minimum Gasteiger partial charge on any atom is -0.327 e. The fraction of sp³-hybridized carbons (Fsp3) is 0.571. The predicted octanol–water partition coefficient (Wildman–Crippen LogP) is 3.13. The van der Waals surface area contributed by atoms with Gasteiger partial charge in [0.15, 0.2) is 9.84 Å². The number of rotatable bonds is 2. The van der Waals surface area contributed by atoms with Crippen LogP contribution in [-0.2, 0) is 9.84 Å². The van der Waals surface area contributed by atoms with Crippen molar-refractivity contribution in [2.75, 3.05) is 0 Å². The molecule has 106 valence electrons. The van der Waals surface area contributed by atoms with Crippen LogP contribution in [0.25, 0.3) is 0 Å². The van der Waals surface area contributed by atoms with Crippen molar-refractivity contribution < 1.29 is 8.42 Å². The number of benzene rings is 1. The Bertz CT molecular complexity index is 569. The van der Waals surface area contributed by atoms with E-state index in [9.17, 15) is 8.42 Å². The number of hydrogen-bond donors (Lipinski definition) is 1. The summed E-state index contributed by atoms with van der Waals surface area (Å²) in [7, 11) is -3.38. The summed E-state index contributed by atoms with van der Waals surface area (Å²) in [6.45, 7) is 4.23. The van der Waals surface area contributed by atoms with E-state index < -0.39 is 15.1 Å². The van der Waals surface area contributed by atoms with E-state index in [0.717, 1.165) is 12.8 Å². The summed E-state index contributed by atoms with van der Waals surface area (Å²) in [5.41, 5.74) is 6.12. The molecular weight excluding hydrogens is 326 g/mol. The van der Waals surface area contributed by atoms with Crippen molar-refractivity contribution in [3.63, 3.8) is 0 Å². The van der Waals surface area contributed by atoms with Crippen molar-refractivity contribution in [2.45, 2.75) is 49.3 Å². The van der Waals surface area contributed by atoms with Gasteiger partial charge in [-0.15, -0.1) is 0 Å². The topological polar surface area (TPSA) is 60.2 Å². The molecular formula is C14H20BrNO2S. The van der Waals surface area contributed by atoms with Crippen LogP contribution in [-0.4, -0.2) is 19.7 Å². The van der Waals surface area contributed by atoms with Crippen molar-refractivity contribution >= 4 is 25.8 Å². The van der Waals surface area contributed by atoms with Crippen LogP contribution in [0.5, 0.6) is 0 Å². The first kappa shape index (κ1) is 15.0. The van der Waals surface area contributed by atoms with E-state index in [-0.39, 0.29) is 11.5 Å². The van der Waals surface area contributed by atoms with Crippen molar-refractivity contribution in [1.29, 1.82) is 0 Å². The second-order valence-corrected chi connectivity index (χ2v) is 9.07. The summed E-state index contributed by atoms with van der Waals surface area (Å²) in [6.07, 6.45) is 2.37. The van der Waals surface area contributed by atoms with Crippen LogP contribution in [0.3, 0.4) is 0 Å². The zero-order valence-corrected chi connectivity index (χ0v) is 13.7. The maximum Gasteiger partial charge on any atom is 0.183 e. The van der Waals surface area contributed by atoms with Crippen LogP contribution in [0.4, 0.5) is 0 Å². The van der Waals surface area contributed by atoms with E-state index in [1.54, 1.807) is 18.2 Å². The lowest BCUT2D eigenvalue weighted by atomic mass is 9.75. The molecule has 1 aliphatic rings. The molecule has 1 aromatic carbocycles. The number of halogens is 1. The van der Waals surface area contributed by atoms with Gasteiger partial charge in [-0.3, -0.25) is 0 Å². The molecule has 3 nitrogen and oxygen atoms in total. The van der Waals surface area contributed by atoms with Crippen LogP contribution in [0.1, 0.15) is 33.1 Å². The average Bonchev–Trinajstić information content (AvgIpc) is 2.32. The Balaban J connectivity index is 2.42. The molecule has 0 amide bonds. The second kappa shape index (κ2) is 5.19. The number of nitrogens with two attached hydrogens (primary N) is 1. The Morgan fingerprint density at radius 3 is 2.58 bits per heavy atom. The van der Waals surface area contributed by atoms with Gasteiger partial charge in [-0.1, -0.05) is 26.0 Å². The summed E-state index contributed by atoms with van der Waals surface area (Å²) in [6, 6.07) is 6.69. The molecule has 2 atom stereocenters. The quantitative estimate of drug-likeness (QED) is 0.895. The molecule has 0 aliphatic heterocycles. The predicted molar refractivity (Wildman–Crippen MR) is 80.7 cm³/mol. The Hall–Kier alpha value is -0.390. The van der Waals surface area contributed by atoms with Gasteiger partial charge in [0, 0.05) is 10.5 Å². The van der Waals surface area contributed by atoms with E-state index in [1.807, 2.05) is 6.07 Å². The summed E-state index contributed by atoms with van der Waals surface area (Å²) in [4.78, 5) is 0.355. The van der Waals surface area contributed by atoms with Crippen molar-refractivity contribution in [2.24, 2.45) is 11.1 Å². The molecule has 1 aliphatic carbocycles. The summed E-state index contributed by atoms with van der Waals surface area (Å²) >= 11 is 3.33. The number of sulfone groups is 1. The molecule has 1 saturated carbocycles. The lowest BCUT2D eigenvalue weighted by Crippen LogP contribution is -2.47. The SMILES string of the molecule is CC1(C)CCC(N)C(S(=O)(=O)c2ccccc2Br)C1. The molecule has 0 radical (unpaired) electrons. The van der Waals surface area contributed by atoms with E-state index >= 15 is 0 Å². The zero-order valence-electron chi connectivity index (χ0n) is 11.3. The Morgan fingerprint density at radius 1 is 1.32 bits per heavy atom. The van der Waals surface area contributed by atoms with E-state index in [4.69, 9.17) is 5.73 Å². The molecule has 5 heteroatoms. The molecule has 1 fully saturated rings. The lowest BCUT2D eigenvalue weighted by Gasteiger charge is -2.38. The van der Waals surface area contributed by atoms with Crippen LogP contribution in [0.15, 0.2) is 33.6 Å². The summed E-state index contributed by atoms with van der Waals surface area (Å²) < 4.78 is 26.2. The molecule has 0 bridgehead atoms. The Kier molecular flexibility index (Phi) is 4.10. The van der Waals surface area contributed by atoms with Gasteiger partial charge in [0.1, 0.15) is 0 Å². The van der Waals surface area contributed by atoms with Gasteiger partial charge < -0.3 is 5.73 Å². The monoisotopic (exact) mass is 345 g/mol. The second-order valence-electron chi connectivity index (χ2n) is 6.08. The summed E-state index contributed by atoms with van der Waals surface area (Å²) in [5.74, 6) is 0. The molecule has 1 aromatic rings. The van der Waals surface area contributed by atoms with Crippen molar-refractivity contribution in [3.8, 4) is 0 Å². The average molecular weight is 346 g/mol.